The van der Waals surface area contributed by atoms with E-state index in [2.05, 4.69) is 0 Å². The molecule has 18 heavy (non-hydrogen) atoms. The van der Waals surface area contributed by atoms with Crippen LogP contribution >= 0.6 is 0 Å². The molecule has 2 aliphatic carbocycles. The van der Waals surface area contributed by atoms with Gasteiger partial charge < -0.3 is 4.74 Å². The van der Waals surface area contributed by atoms with E-state index in [1.165, 1.54) is 0 Å². The number of carbonyl (C=O) groups is 2. The van der Waals surface area contributed by atoms with E-state index in [4.69, 9.17) is 4.74 Å². The SMILES string of the molecule is CC1=C2[C@H]3OC(=O)[C@H](C)[C@@H]3CC[C@@]2(C)C(=O)C=C1. The molecule has 3 rings (SSSR count). The Balaban J connectivity index is 2.11. The van der Waals surface area contributed by atoms with Gasteiger partial charge in [-0.15, -0.1) is 0 Å². The lowest BCUT2D eigenvalue weighted by molar-refractivity contribution is -0.144. The first kappa shape index (κ1) is 11.7. The van der Waals surface area contributed by atoms with E-state index in [1.54, 1.807) is 6.08 Å². The molecule has 0 aromatic rings. The van der Waals surface area contributed by atoms with Crippen LogP contribution in [0.15, 0.2) is 23.3 Å². The molecule has 1 heterocycles. The molecule has 1 saturated heterocycles. The number of ether oxygens (including phenoxy) is 1. The summed E-state index contributed by atoms with van der Waals surface area (Å²) in [6.45, 7) is 5.94. The molecule has 0 spiro atoms. The fraction of sp³-hybridized carbons (Fsp3) is 0.600. The highest BCUT2D eigenvalue weighted by atomic mass is 16.6. The van der Waals surface area contributed by atoms with Gasteiger partial charge in [0.15, 0.2) is 5.78 Å². The predicted octanol–water partition coefficient (Wildman–Crippen LogP) is 2.42. The molecule has 3 aliphatic rings. The van der Waals surface area contributed by atoms with E-state index in [9.17, 15) is 9.59 Å². The van der Waals surface area contributed by atoms with Crippen LogP contribution < -0.4 is 0 Å². The molecule has 1 aliphatic heterocycles. The average molecular weight is 246 g/mol. The Bertz CT molecular complexity index is 500. The Morgan fingerprint density at radius 2 is 2.06 bits per heavy atom. The van der Waals surface area contributed by atoms with Crippen LogP contribution in [0.3, 0.4) is 0 Å². The molecular formula is C15H18O3. The van der Waals surface area contributed by atoms with Gasteiger partial charge in [-0.3, -0.25) is 9.59 Å². The number of hydrogen-bond donors (Lipinski definition) is 0. The van der Waals surface area contributed by atoms with Crippen LogP contribution in [-0.4, -0.2) is 17.9 Å². The summed E-state index contributed by atoms with van der Waals surface area (Å²) in [5.74, 6) is 0.240. The van der Waals surface area contributed by atoms with Crippen molar-refractivity contribution in [2.24, 2.45) is 17.3 Å². The summed E-state index contributed by atoms with van der Waals surface area (Å²) in [6.07, 6.45) is 5.06. The van der Waals surface area contributed by atoms with Gasteiger partial charge in [-0.1, -0.05) is 13.0 Å². The van der Waals surface area contributed by atoms with E-state index in [1.807, 2.05) is 26.8 Å². The summed E-state index contributed by atoms with van der Waals surface area (Å²) in [6, 6.07) is 0. The molecule has 0 aromatic carbocycles. The molecule has 0 radical (unpaired) electrons. The van der Waals surface area contributed by atoms with Crippen LogP contribution in [0.2, 0.25) is 0 Å². The van der Waals surface area contributed by atoms with Crippen molar-refractivity contribution < 1.29 is 14.3 Å². The molecule has 96 valence electrons. The van der Waals surface area contributed by atoms with Crippen LogP contribution in [0.4, 0.5) is 0 Å². The number of rotatable bonds is 0. The summed E-state index contributed by atoms with van der Waals surface area (Å²) in [5.41, 5.74) is 1.68. The number of fused-ring (bicyclic) bond motifs is 3. The first-order chi connectivity index (χ1) is 8.45. The van der Waals surface area contributed by atoms with Crippen LogP contribution in [0.25, 0.3) is 0 Å². The third-order valence-electron chi connectivity index (χ3n) is 4.96. The van der Waals surface area contributed by atoms with Crippen molar-refractivity contribution in [3.05, 3.63) is 23.3 Å². The number of esters is 1. The number of carbonyl (C=O) groups excluding carboxylic acids is 2. The number of ketones is 1. The molecule has 2 fully saturated rings. The average Bonchev–Trinajstić information content (AvgIpc) is 2.60. The first-order valence-corrected chi connectivity index (χ1v) is 6.59. The van der Waals surface area contributed by atoms with Crippen molar-refractivity contribution in [2.75, 3.05) is 0 Å². The van der Waals surface area contributed by atoms with E-state index < -0.39 is 5.41 Å². The zero-order chi connectivity index (χ0) is 13.1. The highest BCUT2D eigenvalue weighted by molar-refractivity contribution is 5.99. The van der Waals surface area contributed by atoms with Crippen molar-refractivity contribution in [3.8, 4) is 0 Å². The Labute approximate surface area is 107 Å². The number of allylic oxidation sites excluding steroid dienone is 3. The molecule has 0 aromatic heterocycles. The lowest BCUT2D eigenvalue weighted by Gasteiger charge is -2.42. The van der Waals surface area contributed by atoms with Gasteiger partial charge in [-0.25, -0.2) is 0 Å². The predicted molar refractivity (Wildman–Crippen MR) is 66.7 cm³/mol. The van der Waals surface area contributed by atoms with E-state index in [0.29, 0.717) is 0 Å². The van der Waals surface area contributed by atoms with E-state index in [-0.39, 0.29) is 29.7 Å². The zero-order valence-electron chi connectivity index (χ0n) is 11.0. The molecule has 3 heteroatoms. The topological polar surface area (TPSA) is 43.4 Å². The maximum Gasteiger partial charge on any atom is 0.309 e. The van der Waals surface area contributed by atoms with Crippen molar-refractivity contribution in [2.45, 2.75) is 39.7 Å². The lowest BCUT2D eigenvalue weighted by atomic mass is 9.60. The smallest absolute Gasteiger partial charge is 0.309 e. The second-order valence-electron chi connectivity index (χ2n) is 5.98. The van der Waals surface area contributed by atoms with Gasteiger partial charge in [0.05, 0.1) is 11.3 Å². The summed E-state index contributed by atoms with van der Waals surface area (Å²) in [5, 5.41) is 0. The molecule has 0 N–H and O–H groups in total. The molecule has 1 saturated carbocycles. The first-order valence-electron chi connectivity index (χ1n) is 6.59. The normalized spacial score (nSPS) is 42.7. The van der Waals surface area contributed by atoms with Gasteiger partial charge in [0, 0.05) is 5.92 Å². The summed E-state index contributed by atoms with van der Waals surface area (Å²) >= 11 is 0. The lowest BCUT2D eigenvalue weighted by Crippen LogP contribution is -2.43. The van der Waals surface area contributed by atoms with Gasteiger partial charge in [0.25, 0.3) is 0 Å². The minimum atomic E-state index is -0.454. The van der Waals surface area contributed by atoms with Gasteiger partial charge in [0.1, 0.15) is 6.10 Å². The molecule has 4 atom stereocenters. The van der Waals surface area contributed by atoms with Gasteiger partial charge in [-0.05, 0) is 43.9 Å². The van der Waals surface area contributed by atoms with E-state index in [0.717, 1.165) is 24.0 Å². The fourth-order valence-corrected chi connectivity index (χ4v) is 3.73. The van der Waals surface area contributed by atoms with Gasteiger partial charge in [-0.2, -0.15) is 0 Å². The van der Waals surface area contributed by atoms with Gasteiger partial charge >= 0.3 is 5.97 Å². The second-order valence-corrected chi connectivity index (χ2v) is 5.98. The molecule has 0 bridgehead atoms. The highest BCUT2D eigenvalue weighted by Gasteiger charge is 2.54. The summed E-state index contributed by atoms with van der Waals surface area (Å²) < 4.78 is 5.55. The van der Waals surface area contributed by atoms with Gasteiger partial charge in [0.2, 0.25) is 0 Å². The zero-order valence-corrected chi connectivity index (χ0v) is 11.0. The molecule has 0 amide bonds. The molecular weight excluding hydrogens is 228 g/mol. The largest absolute Gasteiger partial charge is 0.457 e. The van der Waals surface area contributed by atoms with Crippen molar-refractivity contribution in [3.63, 3.8) is 0 Å². The third-order valence-corrected chi connectivity index (χ3v) is 4.96. The Morgan fingerprint density at radius 1 is 1.33 bits per heavy atom. The third kappa shape index (κ3) is 1.30. The monoisotopic (exact) mass is 246 g/mol. The molecule has 0 unspecified atom stereocenters. The Kier molecular flexibility index (Phi) is 2.31. The van der Waals surface area contributed by atoms with Crippen LogP contribution in [0.1, 0.15) is 33.6 Å². The van der Waals surface area contributed by atoms with Crippen molar-refractivity contribution >= 4 is 11.8 Å². The van der Waals surface area contributed by atoms with Crippen molar-refractivity contribution in [1.29, 1.82) is 0 Å². The minimum absolute atomic E-state index is 0.0409. The summed E-state index contributed by atoms with van der Waals surface area (Å²) in [4.78, 5) is 23.9. The van der Waals surface area contributed by atoms with Crippen LogP contribution in [-0.2, 0) is 14.3 Å². The Morgan fingerprint density at radius 3 is 2.78 bits per heavy atom. The minimum Gasteiger partial charge on any atom is -0.457 e. The number of hydrogen-bond acceptors (Lipinski definition) is 3. The second kappa shape index (κ2) is 3.56. The fourth-order valence-electron chi connectivity index (χ4n) is 3.73. The standard InChI is InChI=1S/C15H18O3/c1-8-4-5-11(16)15(3)7-6-10-9(2)14(17)18-13(10)12(8)15/h4-5,9-10,13H,6-7H2,1-3H3/t9-,10+,13+,15+/m1/s1. The quantitative estimate of drug-likeness (QED) is 0.616. The maximum atomic E-state index is 12.2. The van der Waals surface area contributed by atoms with E-state index >= 15 is 0 Å². The van der Waals surface area contributed by atoms with Crippen molar-refractivity contribution in [1.82, 2.24) is 0 Å². The molecule has 3 nitrogen and oxygen atoms in total. The highest BCUT2D eigenvalue weighted by Crippen LogP contribution is 2.52. The van der Waals surface area contributed by atoms with Crippen LogP contribution in [0.5, 0.6) is 0 Å². The maximum absolute atomic E-state index is 12.2. The summed E-state index contributed by atoms with van der Waals surface area (Å²) in [7, 11) is 0. The Hall–Kier alpha value is -1.38. The van der Waals surface area contributed by atoms with Crippen LogP contribution in [0, 0.1) is 17.3 Å².